The number of terminal acetylenes is 1. The number of nitrogens with one attached hydrogen (secondary N) is 2. The molecular formula is C17H17N3O3. The second kappa shape index (κ2) is 9.58. The molecule has 1 rings (SSSR count). The molecule has 6 heteroatoms. The largest absolute Gasteiger partial charge is 0.398 e. The van der Waals surface area contributed by atoms with Gasteiger partial charge in [-0.25, -0.2) is 0 Å². The van der Waals surface area contributed by atoms with Gasteiger partial charge in [0, 0.05) is 29.4 Å². The first-order valence-corrected chi connectivity index (χ1v) is 6.77. The van der Waals surface area contributed by atoms with Crippen LogP contribution >= 0.6 is 0 Å². The molecule has 0 radical (unpaired) electrons. The Labute approximate surface area is 134 Å². The Kier molecular flexibility index (Phi) is 7.38. The molecule has 1 aromatic carbocycles. The summed E-state index contributed by atoms with van der Waals surface area (Å²) in [7, 11) is 0. The number of carbonyl (C=O) groups is 3. The standard InChI is InChI=1S/C17H17N3O3/c1-2-4-14(18)5-3-6-16(22)20-15-9-7-13(8-10-15)17(23)19-11-12-21/h1,3-5,7-10,12H,6,11,18H2,(H,19,23)(H,20,22)/b5-3-,14-4+. The van der Waals surface area contributed by atoms with Gasteiger partial charge in [0.05, 0.1) is 6.54 Å². The lowest BCUT2D eigenvalue weighted by Crippen LogP contribution is -2.25. The second-order valence-corrected chi connectivity index (χ2v) is 4.42. The molecule has 0 saturated carbocycles. The van der Waals surface area contributed by atoms with Crippen molar-refractivity contribution in [3.8, 4) is 12.3 Å². The van der Waals surface area contributed by atoms with Crippen molar-refractivity contribution in [2.75, 3.05) is 11.9 Å². The van der Waals surface area contributed by atoms with Crippen molar-refractivity contribution in [1.82, 2.24) is 5.32 Å². The Balaban J connectivity index is 2.53. The van der Waals surface area contributed by atoms with Gasteiger partial charge in [-0.15, -0.1) is 6.42 Å². The Morgan fingerprint density at radius 3 is 2.57 bits per heavy atom. The highest BCUT2D eigenvalue weighted by atomic mass is 16.2. The quantitative estimate of drug-likeness (QED) is 0.397. The second-order valence-electron chi connectivity index (χ2n) is 4.42. The number of anilines is 1. The first kappa shape index (κ1) is 17.7. The van der Waals surface area contributed by atoms with Crippen molar-refractivity contribution in [3.63, 3.8) is 0 Å². The molecule has 0 unspecified atom stereocenters. The van der Waals surface area contributed by atoms with Crippen molar-refractivity contribution >= 4 is 23.8 Å². The highest BCUT2D eigenvalue weighted by molar-refractivity contribution is 5.96. The predicted octanol–water partition coefficient (Wildman–Crippen LogP) is 0.976. The molecule has 0 aromatic heterocycles. The average molecular weight is 311 g/mol. The van der Waals surface area contributed by atoms with Gasteiger partial charge in [0.1, 0.15) is 6.29 Å². The van der Waals surface area contributed by atoms with E-state index in [2.05, 4.69) is 16.6 Å². The van der Waals surface area contributed by atoms with Crippen LogP contribution in [-0.4, -0.2) is 24.6 Å². The monoisotopic (exact) mass is 311 g/mol. The summed E-state index contributed by atoms with van der Waals surface area (Å²) in [5.74, 6) is 1.70. The summed E-state index contributed by atoms with van der Waals surface area (Å²) < 4.78 is 0. The number of amides is 2. The molecule has 0 aliphatic rings. The molecule has 0 aliphatic heterocycles. The van der Waals surface area contributed by atoms with Gasteiger partial charge in [-0.2, -0.15) is 0 Å². The van der Waals surface area contributed by atoms with E-state index >= 15 is 0 Å². The van der Waals surface area contributed by atoms with Crippen molar-refractivity contribution in [2.24, 2.45) is 5.73 Å². The van der Waals surface area contributed by atoms with E-state index in [1.165, 1.54) is 6.08 Å². The van der Waals surface area contributed by atoms with E-state index in [1.807, 2.05) is 0 Å². The highest BCUT2D eigenvalue weighted by Gasteiger charge is 2.05. The molecule has 0 atom stereocenters. The molecule has 0 aliphatic carbocycles. The van der Waals surface area contributed by atoms with Crippen LogP contribution < -0.4 is 16.4 Å². The van der Waals surface area contributed by atoms with Crippen molar-refractivity contribution in [3.05, 3.63) is 53.8 Å². The first-order valence-electron chi connectivity index (χ1n) is 6.77. The minimum absolute atomic E-state index is 0.0408. The van der Waals surface area contributed by atoms with Gasteiger partial charge in [0.25, 0.3) is 5.91 Å². The SMILES string of the molecule is C#C/C=C(N)\C=C/CC(=O)Nc1ccc(C(=O)NCC=O)cc1. The Hall–Kier alpha value is -3.33. The summed E-state index contributed by atoms with van der Waals surface area (Å²) in [6.07, 6.45) is 10.3. The smallest absolute Gasteiger partial charge is 0.251 e. The van der Waals surface area contributed by atoms with E-state index in [0.29, 0.717) is 23.2 Å². The lowest BCUT2D eigenvalue weighted by Gasteiger charge is -2.05. The van der Waals surface area contributed by atoms with Crippen LogP contribution in [0.1, 0.15) is 16.8 Å². The molecule has 118 valence electrons. The zero-order chi connectivity index (χ0) is 17.1. The molecule has 0 fully saturated rings. The van der Waals surface area contributed by atoms with Gasteiger partial charge in [-0.05, 0) is 30.3 Å². The number of allylic oxidation sites excluding steroid dienone is 2. The molecule has 0 bridgehead atoms. The summed E-state index contributed by atoms with van der Waals surface area (Å²) in [6.45, 7) is -0.0408. The maximum absolute atomic E-state index is 11.7. The number of carbonyl (C=O) groups excluding carboxylic acids is 3. The van der Waals surface area contributed by atoms with Gasteiger partial charge >= 0.3 is 0 Å². The molecule has 23 heavy (non-hydrogen) atoms. The van der Waals surface area contributed by atoms with E-state index in [1.54, 1.807) is 36.4 Å². The third kappa shape index (κ3) is 6.78. The summed E-state index contributed by atoms with van der Waals surface area (Å²) >= 11 is 0. The van der Waals surface area contributed by atoms with Gasteiger partial charge < -0.3 is 21.2 Å². The van der Waals surface area contributed by atoms with Crippen LogP contribution in [0, 0.1) is 12.3 Å². The van der Waals surface area contributed by atoms with Crippen molar-refractivity contribution in [2.45, 2.75) is 6.42 Å². The molecule has 0 heterocycles. The van der Waals surface area contributed by atoms with Crippen molar-refractivity contribution < 1.29 is 14.4 Å². The normalized spacial score (nSPS) is 10.8. The molecule has 1 aromatic rings. The van der Waals surface area contributed by atoms with E-state index < -0.39 is 0 Å². The number of hydrogen-bond donors (Lipinski definition) is 3. The van der Waals surface area contributed by atoms with Crippen molar-refractivity contribution in [1.29, 1.82) is 0 Å². The first-order chi connectivity index (χ1) is 11.1. The average Bonchev–Trinajstić information content (AvgIpc) is 2.53. The zero-order valence-corrected chi connectivity index (χ0v) is 12.4. The van der Waals surface area contributed by atoms with Gasteiger partial charge in [0.2, 0.25) is 5.91 Å². The fourth-order valence-electron chi connectivity index (χ4n) is 1.60. The molecule has 0 spiro atoms. The van der Waals surface area contributed by atoms with Crippen LogP contribution in [0.15, 0.2) is 48.2 Å². The number of nitrogens with two attached hydrogens (primary N) is 1. The lowest BCUT2D eigenvalue weighted by molar-refractivity contribution is -0.115. The molecule has 6 nitrogen and oxygen atoms in total. The summed E-state index contributed by atoms with van der Waals surface area (Å²) in [5, 5.41) is 5.10. The fraction of sp³-hybridized carbons (Fsp3) is 0.118. The number of benzene rings is 1. The Bertz CT molecular complexity index is 667. The minimum atomic E-state index is -0.353. The van der Waals surface area contributed by atoms with Crippen LogP contribution in [0.2, 0.25) is 0 Å². The topological polar surface area (TPSA) is 101 Å². The summed E-state index contributed by atoms with van der Waals surface area (Å²) in [6, 6.07) is 6.31. The number of aldehydes is 1. The minimum Gasteiger partial charge on any atom is -0.398 e. The maximum atomic E-state index is 11.7. The van der Waals surface area contributed by atoms with Gasteiger partial charge in [-0.3, -0.25) is 9.59 Å². The Morgan fingerprint density at radius 2 is 1.96 bits per heavy atom. The highest BCUT2D eigenvalue weighted by Crippen LogP contribution is 2.10. The van der Waals surface area contributed by atoms with Crippen LogP contribution in [0.4, 0.5) is 5.69 Å². The summed E-state index contributed by atoms with van der Waals surface area (Å²) in [5.41, 5.74) is 6.90. The third-order valence-corrected chi connectivity index (χ3v) is 2.64. The van der Waals surface area contributed by atoms with Gasteiger partial charge in [-0.1, -0.05) is 12.0 Å². The predicted molar refractivity (Wildman–Crippen MR) is 88.3 cm³/mol. The van der Waals surface area contributed by atoms with E-state index in [4.69, 9.17) is 12.2 Å². The maximum Gasteiger partial charge on any atom is 0.251 e. The van der Waals surface area contributed by atoms with Crippen LogP contribution in [0.3, 0.4) is 0 Å². The van der Waals surface area contributed by atoms with E-state index in [9.17, 15) is 14.4 Å². The molecule has 4 N–H and O–H groups in total. The van der Waals surface area contributed by atoms with E-state index in [0.717, 1.165) is 0 Å². The third-order valence-electron chi connectivity index (χ3n) is 2.64. The fourth-order valence-corrected chi connectivity index (χ4v) is 1.60. The Morgan fingerprint density at radius 1 is 1.26 bits per heavy atom. The number of rotatable bonds is 7. The van der Waals surface area contributed by atoms with Crippen LogP contribution in [0.5, 0.6) is 0 Å². The number of hydrogen-bond acceptors (Lipinski definition) is 4. The lowest BCUT2D eigenvalue weighted by atomic mass is 10.2. The van der Waals surface area contributed by atoms with Gasteiger partial charge in [0.15, 0.2) is 0 Å². The summed E-state index contributed by atoms with van der Waals surface area (Å²) in [4.78, 5) is 33.5. The van der Waals surface area contributed by atoms with Crippen LogP contribution in [-0.2, 0) is 9.59 Å². The molecule has 0 saturated heterocycles. The molecule has 2 amide bonds. The zero-order valence-electron chi connectivity index (χ0n) is 12.4. The van der Waals surface area contributed by atoms with E-state index in [-0.39, 0.29) is 24.8 Å². The molecular weight excluding hydrogens is 294 g/mol. The van der Waals surface area contributed by atoms with Crippen LogP contribution in [0.25, 0.3) is 0 Å².